The lowest BCUT2D eigenvalue weighted by Crippen LogP contribution is -2.14. The molecule has 1 aliphatic carbocycles. The van der Waals surface area contributed by atoms with Crippen molar-refractivity contribution in [3.63, 3.8) is 0 Å². The van der Waals surface area contributed by atoms with Crippen molar-refractivity contribution in [2.75, 3.05) is 7.11 Å². The molecule has 0 heterocycles. The van der Waals surface area contributed by atoms with E-state index in [1.54, 1.807) is 7.11 Å². The number of aliphatic hydroxyl groups excluding tert-OH is 1. The van der Waals surface area contributed by atoms with Crippen LogP contribution in [0.5, 0.6) is 5.75 Å². The Bertz CT molecular complexity index is 365. The van der Waals surface area contributed by atoms with Crippen LogP contribution in [0.3, 0.4) is 0 Å². The van der Waals surface area contributed by atoms with Crippen LogP contribution in [0.15, 0.2) is 29.8 Å². The highest BCUT2D eigenvalue weighted by molar-refractivity contribution is 5.55. The molecule has 1 unspecified atom stereocenters. The van der Waals surface area contributed by atoms with Crippen molar-refractivity contribution in [1.82, 2.24) is 0 Å². The van der Waals surface area contributed by atoms with E-state index in [0.717, 1.165) is 36.1 Å². The second kappa shape index (κ2) is 5.17. The molecule has 0 spiro atoms. The van der Waals surface area contributed by atoms with E-state index in [1.807, 2.05) is 24.3 Å². The van der Waals surface area contributed by atoms with E-state index in [4.69, 9.17) is 4.74 Å². The number of methoxy groups -OCH3 is 1. The standard InChI is InChI=1S/C14H18O2/c1-16-13-8-6-11(7-9-13)10-12-4-2-3-5-14(12)15/h6-10,14-15H,2-5H2,1H3/b12-10+. The second-order valence-corrected chi connectivity index (χ2v) is 4.25. The Balaban J connectivity index is 2.14. The smallest absolute Gasteiger partial charge is 0.118 e. The Labute approximate surface area is 96.6 Å². The Hall–Kier alpha value is -1.28. The van der Waals surface area contributed by atoms with Crippen molar-refractivity contribution >= 4 is 6.08 Å². The largest absolute Gasteiger partial charge is 0.497 e. The van der Waals surface area contributed by atoms with E-state index in [2.05, 4.69) is 6.08 Å². The van der Waals surface area contributed by atoms with Gasteiger partial charge in [-0.25, -0.2) is 0 Å². The fourth-order valence-corrected chi connectivity index (χ4v) is 2.10. The molecule has 2 heteroatoms. The van der Waals surface area contributed by atoms with Gasteiger partial charge in [-0.3, -0.25) is 0 Å². The highest BCUT2D eigenvalue weighted by Crippen LogP contribution is 2.26. The van der Waals surface area contributed by atoms with Crippen molar-refractivity contribution in [2.45, 2.75) is 31.8 Å². The van der Waals surface area contributed by atoms with Gasteiger partial charge in [-0.05, 0) is 42.5 Å². The molecule has 1 fully saturated rings. The molecule has 1 aliphatic rings. The first-order chi connectivity index (χ1) is 7.79. The van der Waals surface area contributed by atoms with Gasteiger partial charge in [0.05, 0.1) is 13.2 Å². The second-order valence-electron chi connectivity index (χ2n) is 4.25. The summed E-state index contributed by atoms with van der Waals surface area (Å²) in [5.74, 6) is 0.867. The van der Waals surface area contributed by atoms with Gasteiger partial charge in [0, 0.05) is 0 Å². The van der Waals surface area contributed by atoms with Crippen LogP contribution in [0.2, 0.25) is 0 Å². The monoisotopic (exact) mass is 218 g/mol. The summed E-state index contributed by atoms with van der Waals surface area (Å²) in [6.07, 6.45) is 6.12. The van der Waals surface area contributed by atoms with Crippen LogP contribution >= 0.6 is 0 Å². The summed E-state index contributed by atoms with van der Waals surface area (Å²) >= 11 is 0. The zero-order valence-electron chi connectivity index (χ0n) is 9.65. The predicted molar refractivity (Wildman–Crippen MR) is 65.4 cm³/mol. The molecule has 0 amide bonds. The number of aliphatic hydroxyl groups is 1. The van der Waals surface area contributed by atoms with Gasteiger partial charge in [0.15, 0.2) is 0 Å². The van der Waals surface area contributed by atoms with Gasteiger partial charge >= 0.3 is 0 Å². The van der Waals surface area contributed by atoms with Crippen LogP contribution in [-0.2, 0) is 0 Å². The van der Waals surface area contributed by atoms with E-state index < -0.39 is 0 Å². The lowest BCUT2D eigenvalue weighted by molar-refractivity contribution is 0.180. The van der Waals surface area contributed by atoms with Crippen LogP contribution < -0.4 is 4.74 Å². The number of ether oxygens (including phenoxy) is 1. The quantitative estimate of drug-likeness (QED) is 0.826. The number of hydrogen-bond donors (Lipinski definition) is 1. The molecule has 0 radical (unpaired) electrons. The predicted octanol–water partition coefficient (Wildman–Crippen LogP) is 3.01. The average molecular weight is 218 g/mol. The van der Waals surface area contributed by atoms with Gasteiger partial charge < -0.3 is 9.84 Å². The molecule has 0 bridgehead atoms. The first-order valence-corrected chi connectivity index (χ1v) is 5.82. The molecule has 1 atom stereocenters. The summed E-state index contributed by atoms with van der Waals surface area (Å²) in [6.45, 7) is 0. The molecule has 2 nitrogen and oxygen atoms in total. The molecule has 86 valence electrons. The van der Waals surface area contributed by atoms with Crippen molar-refractivity contribution in [2.24, 2.45) is 0 Å². The average Bonchev–Trinajstić information content (AvgIpc) is 2.33. The molecule has 1 aromatic carbocycles. The van der Waals surface area contributed by atoms with Crippen molar-refractivity contribution in [1.29, 1.82) is 0 Å². The minimum atomic E-state index is -0.240. The molecule has 0 saturated heterocycles. The molecule has 1 aromatic rings. The van der Waals surface area contributed by atoms with Crippen molar-refractivity contribution in [3.05, 3.63) is 35.4 Å². The molecular formula is C14H18O2. The summed E-state index contributed by atoms with van der Waals surface area (Å²) in [6, 6.07) is 7.93. The Morgan fingerprint density at radius 1 is 1.25 bits per heavy atom. The first kappa shape index (κ1) is 11.2. The maximum absolute atomic E-state index is 9.84. The minimum absolute atomic E-state index is 0.240. The highest BCUT2D eigenvalue weighted by atomic mass is 16.5. The molecule has 1 saturated carbocycles. The fraction of sp³-hybridized carbons (Fsp3) is 0.429. The van der Waals surface area contributed by atoms with Gasteiger partial charge in [-0.2, -0.15) is 0 Å². The molecule has 2 rings (SSSR count). The Kier molecular flexibility index (Phi) is 3.62. The third-order valence-electron chi connectivity index (χ3n) is 3.09. The van der Waals surface area contributed by atoms with Crippen molar-refractivity contribution in [3.8, 4) is 5.75 Å². The van der Waals surface area contributed by atoms with Gasteiger partial charge in [0.2, 0.25) is 0 Å². The maximum atomic E-state index is 9.84. The van der Waals surface area contributed by atoms with E-state index in [-0.39, 0.29) is 6.10 Å². The number of benzene rings is 1. The molecular weight excluding hydrogens is 200 g/mol. The normalized spacial score (nSPS) is 23.4. The van der Waals surface area contributed by atoms with E-state index in [1.165, 1.54) is 6.42 Å². The van der Waals surface area contributed by atoms with Crippen LogP contribution in [0.4, 0.5) is 0 Å². The van der Waals surface area contributed by atoms with Gasteiger partial charge in [0.1, 0.15) is 5.75 Å². The maximum Gasteiger partial charge on any atom is 0.118 e. The minimum Gasteiger partial charge on any atom is -0.497 e. The van der Waals surface area contributed by atoms with E-state index in [9.17, 15) is 5.11 Å². The Morgan fingerprint density at radius 2 is 2.00 bits per heavy atom. The zero-order chi connectivity index (χ0) is 11.4. The van der Waals surface area contributed by atoms with Gasteiger partial charge in [0.25, 0.3) is 0 Å². The number of rotatable bonds is 2. The van der Waals surface area contributed by atoms with Crippen LogP contribution in [0.25, 0.3) is 6.08 Å². The highest BCUT2D eigenvalue weighted by Gasteiger charge is 2.15. The topological polar surface area (TPSA) is 29.5 Å². The summed E-state index contributed by atoms with van der Waals surface area (Å²) in [7, 11) is 1.67. The van der Waals surface area contributed by atoms with Crippen molar-refractivity contribution < 1.29 is 9.84 Å². The first-order valence-electron chi connectivity index (χ1n) is 5.82. The summed E-state index contributed by atoms with van der Waals surface area (Å²) in [5.41, 5.74) is 2.30. The van der Waals surface area contributed by atoms with Gasteiger partial charge in [-0.15, -0.1) is 0 Å². The summed E-state index contributed by atoms with van der Waals surface area (Å²) < 4.78 is 5.11. The van der Waals surface area contributed by atoms with Crippen LogP contribution in [0.1, 0.15) is 31.2 Å². The molecule has 0 aliphatic heterocycles. The fourth-order valence-electron chi connectivity index (χ4n) is 2.10. The summed E-state index contributed by atoms with van der Waals surface area (Å²) in [4.78, 5) is 0. The van der Waals surface area contributed by atoms with Crippen LogP contribution in [-0.4, -0.2) is 18.3 Å². The molecule has 1 N–H and O–H groups in total. The van der Waals surface area contributed by atoms with Gasteiger partial charge in [-0.1, -0.05) is 24.6 Å². The zero-order valence-corrected chi connectivity index (χ0v) is 9.65. The molecule has 16 heavy (non-hydrogen) atoms. The summed E-state index contributed by atoms with van der Waals surface area (Å²) in [5, 5.41) is 9.84. The third-order valence-corrected chi connectivity index (χ3v) is 3.09. The lowest BCUT2D eigenvalue weighted by atomic mass is 9.91. The molecule has 0 aromatic heterocycles. The number of hydrogen-bond acceptors (Lipinski definition) is 2. The third kappa shape index (κ3) is 2.64. The van der Waals surface area contributed by atoms with E-state index >= 15 is 0 Å². The lowest BCUT2D eigenvalue weighted by Gasteiger charge is -2.20. The van der Waals surface area contributed by atoms with E-state index in [0.29, 0.717) is 0 Å². The SMILES string of the molecule is COc1ccc(/C=C2\CCCCC2O)cc1. The Morgan fingerprint density at radius 3 is 2.62 bits per heavy atom. The van der Waals surface area contributed by atoms with Crippen LogP contribution in [0, 0.1) is 0 Å².